The lowest BCUT2D eigenvalue weighted by Gasteiger charge is -2.05. The Morgan fingerprint density at radius 2 is 1.86 bits per heavy atom. The number of carbonyl (C=O) groups excluding carboxylic acids is 1. The number of hydrogen-bond donors (Lipinski definition) is 1. The Bertz CT molecular complexity index is 451. The third-order valence-corrected chi connectivity index (χ3v) is 2.91. The van der Waals surface area contributed by atoms with E-state index in [0.717, 1.165) is 6.26 Å². The van der Waals surface area contributed by atoms with E-state index >= 15 is 0 Å². The monoisotopic (exact) mass is 213 g/mol. The zero-order valence-electron chi connectivity index (χ0n) is 7.94. The van der Waals surface area contributed by atoms with E-state index in [2.05, 4.69) is 5.32 Å². The van der Waals surface area contributed by atoms with Gasteiger partial charge in [0.05, 0.1) is 10.5 Å². The molecule has 1 amide bonds. The highest BCUT2D eigenvalue weighted by molar-refractivity contribution is 7.90. The topological polar surface area (TPSA) is 63.2 Å². The minimum absolute atomic E-state index is 0.0550. The summed E-state index contributed by atoms with van der Waals surface area (Å²) in [6.07, 6.45) is 1.08. The summed E-state index contributed by atoms with van der Waals surface area (Å²) in [4.78, 5) is 11.4. The lowest BCUT2D eigenvalue weighted by Crippen LogP contribution is -2.20. The lowest BCUT2D eigenvalue weighted by molar-refractivity contribution is 0.0960. The molecule has 5 heteroatoms. The molecule has 0 radical (unpaired) electrons. The zero-order chi connectivity index (χ0) is 10.8. The smallest absolute Gasteiger partial charge is 0.252 e. The number of benzene rings is 1. The van der Waals surface area contributed by atoms with E-state index in [1.165, 1.54) is 19.2 Å². The average Bonchev–Trinajstić information content (AvgIpc) is 2.15. The largest absolute Gasteiger partial charge is 0.355 e. The van der Waals surface area contributed by atoms with Crippen LogP contribution in [0.1, 0.15) is 10.4 Å². The predicted molar refractivity (Wildman–Crippen MR) is 52.9 cm³/mol. The van der Waals surface area contributed by atoms with Crippen molar-refractivity contribution < 1.29 is 13.2 Å². The van der Waals surface area contributed by atoms with Crippen molar-refractivity contribution >= 4 is 15.7 Å². The van der Waals surface area contributed by atoms with Gasteiger partial charge in [0.15, 0.2) is 9.84 Å². The highest BCUT2D eigenvalue weighted by Crippen LogP contribution is 2.14. The van der Waals surface area contributed by atoms with Crippen LogP contribution in [-0.4, -0.2) is 27.6 Å². The fraction of sp³-hybridized carbons (Fsp3) is 0.222. The van der Waals surface area contributed by atoms with Crippen LogP contribution in [0.15, 0.2) is 29.2 Å². The van der Waals surface area contributed by atoms with Crippen molar-refractivity contribution in [2.75, 3.05) is 13.3 Å². The third-order valence-electron chi connectivity index (χ3n) is 1.76. The van der Waals surface area contributed by atoms with Crippen LogP contribution in [0.25, 0.3) is 0 Å². The molecule has 0 heterocycles. The highest BCUT2D eigenvalue weighted by atomic mass is 32.2. The fourth-order valence-electron chi connectivity index (χ4n) is 1.11. The molecule has 0 atom stereocenters. The lowest BCUT2D eigenvalue weighted by atomic mass is 10.2. The minimum Gasteiger partial charge on any atom is -0.355 e. The molecule has 0 unspecified atom stereocenters. The van der Waals surface area contributed by atoms with Crippen molar-refractivity contribution in [2.45, 2.75) is 4.90 Å². The Kier molecular flexibility index (Phi) is 2.90. The summed E-state index contributed by atoms with van der Waals surface area (Å²) < 4.78 is 22.6. The van der Waals surface area contributed by atoms with Crippen molar-refractivity contribution in [3.8, 4) is 0 Å². The molecular weight excluding hydrogens is 202 g/mol. The molecule has 0 fully saturated rings. The SMILES string of the molecule is CNC(=O)c1ccccc1S(C)(=O)=O. The van der Waals surface area contributed by atoms with E-state index in [1.807, 2.05) is 0 Å². The maximum Gasteiger partial charge on any atom is 0.252 e. The second kappa shape index (κ2) is 3.79. The first-order chi connectivity index (χ1) is 6.46. The molecule has 0 aliphatic heterocycles. The maximum absolute atomic E-state index is 11.3. The van der Waals surface area contributed by atoms with Gasteiger partial charge in [-0.25, -0.2) is 8.42 Å². The Balaban J connectivity index is 3.38. The van der Waals surface area contributed by atoms with Crippen LogP contribution in [0, 0.1) is 0 Å². The van der Waals surface area contributed by atoms with Crippen molar-refractivity contribution in [1.82, 2.24) is 5.32 Å². The van der Waals surface area contributed by atoms with Crippen LogP contribution in [-0.2, 0) is 9.84 Å². The van der Waals surface area contributed by atoms with Gasteiger partial charge < -0.3 is 5.32 Å². The molecule has 0 spiro atoms. The molecule has 0 aliphatic carbocycles. The van der Waals surface area contributed by atoms with Crippen LogP contribution < -0.4 is 5.32 Å². The summed E-state index contributed by atoms with van der Waals surface area (Å²) >= 11 is 0. The van der Waals surface area contributed by atoms with Gasteiger partial charge in [-0.1, -0.05) is 12.1 Å². The fourth-order valence-corrected chi connectivity index (χ4v) is 2.00. The molecule has 0 bridgehead atoms. The molecule has 14 heavy (non-hydrogen) atoms. The first kappa shape index (κ1) is 10.7. The van der Waals surface area contributed by atoms with Crippen molar-refractivity contribution in [3.63, 3.8) is 0 Å². The van der Waals surface area contributed by atoms with Crippen LogP contribution in [0.2, 0.25) is 0 Å². The maximum atomic E-state index is 11.3. The van der Waals surface area contributed by atoms with Crippen LogP contribution >= 0.6 is 0 Å². The number of carbonyl (C=O) groups is 1. The average molecular weight is 213 g/mol. The molecule has 1 N–H and O–H groups in total. The highest BCUT2D eigenvalue weighted by Gasteiger charge is 2.16. The molecule has 1 aromatic rings. The summed E-state index contributed by atoms with van der Waals surface area (Å²) in [6, 6.07) is 6.11. The van der Waals surface area contributed by atoms with Crippen molar-refractivity contribution in [2.24, 2.45) is 0 Å². The van der Waals surface area contributed by atoms with Crippen LogP contribution in [0.3, 0.4) is 0 Å². The number of nitrogens with one attached hydrogen (secondary N) is 1. The summed E-state index contributed by atoms with van der Waals surface area (Å²) in [5.41, 5.74) is 0.178. The summed E-state index contributed by atoms with van der Waals surface area (Å²) in [5, 5.41) is 2.39. The second-order valence-electron chi connectivity index (χ2n) is 2.85. The van der Waals surface area contributed by atoms with Gasteiger partial charge >= 0.3 is 0 Å². The van der Waals surface area contributed by atoms with Gasteiger partial charge in [-0.2, -0.15) is 0 Å². The zero-order valence-corrected chi connectivity index (χ0v) is 8.76. The molecule has 1 aromatic carbocycles. The quantitative estimate of drug-likeness (QED) is 0.775. The Hall–Kier alpha value is -1.36. The van der Waals surface area contributed by atoms with Gasteiger partial charge in [0.1, 0.15) is 0 Å². The van der Waals surface area contributed by atoms with Gasteiger partial charge in [0.25, 0.3) is 5.91 Å². The standard InChI is InChI=1S/C9H11NO3S/c1-10-9(11)7-5-3-4-6-8(7)14(2,12)13/h3-6H,1-2H3,(H,10,11). The van der Waals surface area contributed by atoms with E-state index in [0.29, 0.717) is 0 Å². The second-order valence-corrected chi connectivity index (χ2v) is 4.83. The molecule has 4 nitrogen and oxygen atoms in total. The molecule has 0 aliphatic rings. The van der Waals surface area contributed by atoms with Gasteiger partial charge in [-0.15, -0.1) is 0 Å². The molecule has 1 rings (SSSR count). The van der Waals surface area contributed by atoms with E-state index in [1.54, 1.807) is 12.1 Å². The van der Waals surface area contributed by atoms with E-state index in [4.69, 9.17) is 0 Å². The summed E-state index contributed by atoms with van der Waals surface area (Å²) in [5.74, 6) is -0.397. The van der Waals surface area contributed by atoms with E-state index in [9.17, 15) is 13.2 Å². The molecule has 0 aromatic heterocycles. The number of amides is 1. The molecular formula is C9H11NO3S. The van der Waals surface area contributed by atoms with Crippen LogP contribution in [0.4, 0.5) is 0 Å². The van der Waals surface area contributed by atoms with Gasteiger partial charge in [0.2, 0.25) is 0 Å². The third kappa shape index (κ3) is 2.11. The Morgan fingerprint density at radius 1 is 1.29 bits per heavy atom. The Morgan fingerprint density at radius 3 is 2.36 bits per heavy atom. The van der Waals surface area contributed by atoms with Gasteiger partial charge in [-0.05, 0) is 12.1 Å². The Labute approximate surface area is 82.9 Å². The van der Waals surface area contributed by atoms with E-state index < -0.39 is 15.7 Å². The van der Waals surface area contributed by atoms with E-state index in [-0.39, 0.29) is 10.5 Å². The van der Waals surface area contributed by atoms with Crippen molar-refractivity contribution in [1.29, 1.82) is 0 Å². The normalized spacial score (nSPS) is 11.0. The summed E-state index contributed by atoms with van der Waals surface area (Å²) in [7, 11) is -1.89. The van der Waals surface area contributed by atoms with Gasteiger partial charge in [0, 0.05) is 13.3 Å². The summed E-state index contributed by atoms with van der Waals surface area (Å²) in [6.45, 7) is 0. The van der Waals surface area contributed by atoms with Gasteiger partial charge in [-0.3, -0.25) is 4.79 Å². The molecule has 76 valence electrons. The number of hydrogen-bond acceptors (Lipinski definition) is 3. The molecule has 0 saturated heterocycles. The minimum atomic E-state index is -3.35. The van der Waals surface area contributed by atoms with Crippen LogP contribution in [0.5, 0.6) is 0 Å². The first-order valence-corrected chi connectivity index (χ1v) is 5.87. The predicted octanol–water partition coefficient (Wildman–Crippen LogP) is 0.450. The van der Waals surface area contributed by atoms with Crippen molar-refractivity contribution in [3.05, 3.63) is 29.8 Å². The number of sulfone groups is 1. The molecule has 0 saturated carbocycles. The first-order valence-electron chi connectivity index (χ1n) is 3.98. The number of rotatable bonds is 2.